The quantitative estimate of drug-likeness (QED) is 0.673. The van der Waals surface area contributed by atoms with Crippen LogP contribution in [0.2, 0.25) is 0 Å². The minimum atomic E-state index is -0.0517. The third kappa shape index (κ3) is 3.26. The molecule has 0 aliphatic heterocycles. The summed E-state index contributed by atoms with van der Waals surface area (Å²) in [6.45, 7) is 5.16. The summed E-state index contributed by atoms with van der Waals surface area (Å²) >= 11 is 0. The molecule has 154 valence electrons. The van der Waals surface area contributed by atoms with Crippen LogP contribution in [-0.2, 0) is 9.53 Å². The largest absolute Gasteiger partial charge is 0.469 e. The van der Waals surface area contributed by atoms with E-state index in [9.17, 15) is 9.90 Å². The number of aliphatic hydroxyl groups excluding tert-OH is 1. The fraction of sp³-hybridized carbons (Fsp3) is 0.958. The van der Waals surface area contributed by atoms with Crippen molar-refractivity contribution in [2.45, 2.75) is 97.0 Å². The van der Waals surface area contributed by atoms with Crippen molar-refractivity contribution < 1.29 is 14.6 Å². The lowest BCUT2D eigenvalue weighted by molar-refractivity contribution is -0.141. The molecule has 0 saturated heterocycles. The predicted octanol–water partition coefficient (Wildman–Crippen LogP) is 5.35. The van der Waals surface area contributed by atoms with Crippen LogP contribution in [0.25, 0.3) is 0 Å². The molecule has 27 heavy (non-hydrogen) atoms. The van der Waals surface area contributed by atoms with Crippen molar-refractivity contribution in [3.05, 3.63) is 0 Å². The minimum absolute atomic E-state index is 0.0425. The van der Waals surface area contributed by atoms with Crippen molar-refractivity contribution in [3.63, 3.8) is 0 Å². The van der Waals surface area contributed by atoms with Crippen molar-refractivity contribution >= 4 is 5.97 Å². The second-order valence-corrected chi connectivity index (χ2v) is 10.9. The van der Waals surface area contributed by atoms with Gasteiger partial charge in [-0.2, -0.15) is 0 Å². The second-order valence-electron chi connectivity index (χ2n) is 10.9. The molecule has 0 radical (unpaired) electrons. The molecule has 0 spiro atoms. The first-order valence-corrected chi connectivity index (χ1v) is 11.6. The molecule has 1 N–H and O–H groups in total. The molecule has 0 bridgehead atoms. The zero-order valence-corrected chi connectivity index (χ0v) is 17.7. The van der Waals surface area contributed by atoms with Crippen LogP contribution in [0.5, 0.6) is 0 Å². The van der Waals surface area contributed by atoms with E-state index in [0.717, 1.165) is 48.9 Å². The van der Waals surface area contributed by atoms with Gasteiger partial charge in [0.15, 0.2) is 0 Å². The van der Waals surface area contributed by atoms with Crippen LogP contribution in [0.1, 0.15) is 90.9 Å². The van der Waals surface area contributed by atoms with Gasteiger partial charge in [0.05, 0.1) is 13.2 Å². The Balaban J connectivity index is 1.45. The third-order valence-corrected chi connectivity index (χ3v) is 10.00. The average molecular weight is 377 g/mol. The van der Waals surface area contributed by atoms with Gasteiger partial charge < -0.3 is 9.84 Å². The standard InChI is InChI=1S/C24H40O3/c1-23-14-12-21-19(9-7-17-15-18(25)11-13-24(17,21)2)20(23)10-8-16(23)5-4-6-22(26)27-3/h16-21,25H,4-15H2,1-3H3/t16?,17?,18-,19?,20?,21?,23?,24?/m1/s1. The Labute approximate surface area is 165 Å². The molecule has 0 heterocycles. The maximum Gasteiger partial charge on any atom is 0.305 e. The second kappa shape index (κ2) is 7.35. The molecule has 4 aliphatic rings. The maximum absolute atomic E-state index is 11.5. The fourth-order valence-corrected chi connectivity index (χ4v) is 8.41. The molecule has 4 saturated carbocycles. The Bertz CT molecular complexity index is 560. The van der Waals surface area contributed by atoms with Crippen LogP contribution < -0.4 is 0 Å². The van der Waals surface area contributed by atoms with Crippen LogP contribution in [0.3, 0.4) is 0 Å². The van der Waals surface area contributed by atoms with E-state index < -0.39 is 0 Å². The SMILES string of the molecule is COC(=O)CCCC1CCC2C3CCC4C[C@H](O)CCC4(C)C3CCC12C. The van der Waals surface area contributed by atoms with Gasteiger partial charge in [-0.1, -0.05) is 13.8 Å². The number of esters is 1. The van der Waals surface area contributed by atoms with Gasteiger partial charge in [-0.15, -0.1) is 0 Å². The first-order chi connectivity index (χ1) is 12.9. The van der Waals surface area contributed by atoms with E-state index in [2.05, 4.69) is 13.8 Å². The lowest BCUT2D eigenvalue weighted by Crippen LogP contribution is -2.53. The summed E-state index contributed by atoms with van der Waals surface area (Å²) in [4.78, 5) is 11.5. The van der Waals surface area contributed by atoms with Gasteiger partial charge in [0.1, 0.15) is 0 Å². The van der Waals surface area contributed by atoms with Crippen molar-refractivity contribution in [3.8, 4) is 0 Å². The Morgan fingerprint density at radius 3 is 2.52 bits per heavy atom. The highest BCUT2D eigenvalue weighted by Gasteiger charge is 2.59. The minimum Gasteiger partial charge on any atom is -0.469 e. The van der Waals surface area contributed by atoms with Crippen LogP contribution in [-0.4, -0.2) is 24.3 Å². The van der Waals surface area contributed by atoms with Crippen molar-refractivity contribution in [2.75, 3.05) is 7.11 Å². The van der Waals surface area contributed by atoms with Crippen molar-refractivity contribution in [1.82, 2.24) is 0 Å². The Morgan fingerprint density at radius 2 is 1.74 bits per heavy atom. The summed E-state index contributed by atoms with van der Waals surface area (Å²) in [6.07, 6.45) is 14.3. The highest BCUT2D eigenvalue weighted by Crippen LogP contribution is 2.67. The van der Waals surface area contributed by atoms with Crippen LogP contribution >= 0.6 is 0 Å². The number of hydrogen-bond acceptors (Lipinski definition) is 3. The molecular formula is C24H40O3. The van der Waals surface area contributed by atoms with E-state index in [0.29, 0.717) is 17.3 Å². The Hall–Kier alpha value is -0.570. The number of ether oxygens (including phenoxy) is 1. The smallest absolute Gasteiger partial charge is 0.305 e. The van der Waals surface area contributed by atoms with E-state index in [4.69, 9.17) is 4.74 Å². The van der Waals surface area contributed by atoms with E-state index in [1.54, 1.807) is 0 Å². The monoisotopic (exact) mass is 376 g/mol. The molecule has 4 rings (SSSR count). The van der Waals surface area contributed by atoms with Gasteiger partial charge >= 0.3 is 5.97 Å². The number of methoxy groups -OCH3 is 1. The molecule has 0 aromatic rings. The van der Waals surface area contributed by atoms with Gasteiger partial charge in [-0.25, -0.2) is 0 Å². The van der Waals surface area contributed by atoms with Gasteiger partial charge in [0.25, 0.3) is 0 Å². The first kappa shape index (κ1) is 19.7. The summed E-state index contributed by atoms with van der Waals surface area (Å²) in [7, 11) is 1.50. The summed E-state index contributed by atoms with van der Waals surface area (Å²) in [5.74, 6) is 4.19. The molecule has 0 amide bonds. The van der Waals surface area contributed by atoms with Gasteiger partial charge in [-0.05, 0) is 111 Å². The van der Waals surface area contributed by atoms with E-state index in [1.807, 2.05) is 0 Å². The summed E-state index contributed by atoms with van der Waals surface area (Å²) < 4.78 is 4.83. The van der Waals surface area contributed by atoms with Crippen LogP contribution in [0, 0.1) is 40.4 Å². The molecule has 8 atom stereocenters. The number of fused-ring (bicyclic) bond motifs is 5. The fourth-order valence-electron chi connectivity index (χ4n) is 8.41. The van der Waals surface area contributed by atoms with Crippen molar-refractivity contribution in [2.24, 2.45) is 40.4 Å². The Morgan fingerprint density at radius 1 is 1.00 bits per heavy atom. The number of hydrogen-bond donors (Lipinski definition) is 1. The average Bonchev–Trinajstić information content (AvgIpc) is 2.99. The molecule has 4 fully saturated rings. The lowest BCUT2D eigenvalue weighted by Gasteiger charge is -2.61. The van der Waals surface area contributed by atoms with Crippen molar-refractivity contribution in [1.29, 1.82) is 0 Å². The highest BCUT2D eigenvalue weighted by atomic mass is 16.5. The summed E-state index contributed by atoms with van der Waals surface area (Å²) in [6, 6.07) is 0. The lowest BCUT2D eigenvalue weighted by atomic mass is 9.44. The normalized spacial score (nSPS) is 49.0. The van der Waals surface area contributed by atoms with Gasteiger partial charge in [0.2, 0.25) is 0 Å². The number of aliphatic hydroxyl groups is 1. The predicted molar refractivity (Wildman–Crippen MR) is 107 cm³/mol. The highest BCUT2D eigenvalue weighted by molar-refractivity contribution is 5.68. The Kier molecular flexibility index (Phi) is 5.37. The zero-order valence-electron chi connectivity index (χ0n) is 17.7. The molecule has 3 heteroatoms. The maximum atomic E-state index is 11.5. The van der Waals surface area contributed by atoms with E-state index in [-0.39, 0.29) is 12.1 Å². The summed E-state index contributed by atoms with van der Waals surface area (Å²) in [5.41, 5.74) is 0.973. The summed E-state index contributed by atoms with van der Waals surface area (Å²) in [5, 5.41) is 10.2. The third-order valence-electron chi connectivity index (χ3n) is 10.00. The molecule has 4 aliphatic carbocycles. The van der Waals surface area contributed by atoms with Gasteiger partial charge in [0, 0.05) is 6.42 Å². The number of carbonyl (C=O) groups is 1. The zero-order chi connectivity index (χ0) is 19.2. The van der Waals surface area contributed by atoms with Crippen LogP contribution in [0.4, 0.5) is 0 Å². The number of carbonyl (C=O) groups excluding carboxylic acids is 1. The topological polar surface area (TPSA) is 46.5 Å². The number of rotatable bonds is 4. The molecule has 0 aromatic carbocycles. The first-order valence-electron chi connectivity index (χ1n) is 11.6. The van der Waals surface area contributed by atoms with Gasteiger partial charge in [-0.3, -0.25) is 4.79 Å². The molecule has 7 unspecified atom stereocenters. The van der Waals surface area contributed by atoms with E-state index >= 15 is 0 Å². The molecule has 0 aromatic heterocycles. The molecule has 3 nitrogen and oxygen atoms in total. The van der Waals surface area contributed by atoms with Crippen LogP contribution in [0.15, 0.2) is 0 Å². The van der Waals surface area contributed by atoms with E-state index in [1.165, 1.54) is 58.5 Å². The molecular weight excluding hydrogens is 336 g/mol.